The maximum atomic E-state index is 12.8. The zero-order chi connectivity index (χ0) is 24.4. The van der Waals surface area contributed by atoms with Crippen molar-refractivity contribution in [3.05, 3.63) is 90.7 Å². The standard InChI is InChI=1S/C22H18ClN5O5S/c1-12-9-15(7-8-16(12)33-21-24-10-17(34-21)18(29)30)25-19-26-20(31)27(2)22(32)28(19)11-13-3-5-14(23)6-4-13/h3-10H,11H2,1-2H3,(H,29,30)(H,25,26,31). The van der Waals surface area contributed by atoms with Gasteiger partial charge in [0, 0.05) is 17.8 Å². The maximum absolute atomic E-state index is 12.8. The minimum Gasteiger partial charge on any atom is -0.477 e. The number of thiazole rings is 1. The third-order valence-corrected chi connectivity index (χ3v) is 5.95. The van der Waals surface area contributed by atoms with Crippen LogP contribution in [-0.4, -0.2) is 30.2 Å². The Bertz CT molecular complexity index is 1490. The van der Waals surface area contributed by atoms with E-state index in [1.54, 1.807) is 49.4 Å². The SMILES string of the molecule is Cc1cc(Nc2nc(=O)n(C)c(=O)n2Cc2ccc(Cl)cc2)ccc1Oc1ncc(C(=O)O)s1. The second-order valence-corrected chi connectivity index (χ2v) is 8.70. The molecule has 4 rings (SSSR count). The van der Waals surface area contributed by atoms with Crippen molar-refractivity contribution in [2.24, 2.45) is 7.05 Å². The number of nitrogens with one attached hydrogen (secondary N) is 1. The van der Waals surface area contributed by atoms with Crippen LogP contribution in [0.15, 0.2) is 58.3 Å². The molecule has 0 aliphatic rings. The number of aromatic carboxylic acids is 1. The summed E-state index contributed by atoms with van der Waals surface area (Å²) in [4.78, 5) is 44.1. The molecule has 2 aromatic heterocycles. The molecule has 0 amide bonds. The predicted molar refractivity (Wildman–Crippen MR) is 128 cm³/mol. The summed E-state index contributed by atoms with van der Waals surface area (Å²) < 4.78 is 7.98. The average molecular weight is 500 g/mol. The molecule has 174 valence electrons. The van der Waals surface area contributed by atoms with Crippen LogP contribution in [0.5, 0.6) is 10.9 Å². The number of rotatable bonds is 7. The summed E-state index contributed by atoms with van der Waals surface area (Å²) in [5.74, 6) is -0.510. The monoisotopic (exact) mass is 499 g/mol. The normalized spacial score (nSPS) is 10.8. The van der Waals surface area contributed by atoms with E-state index in [-0.39, 0.29) is 22.6 Å². The van der Waals surface area contributed by atoms with E-state index in [4.69, 9.17) is 21.4 Å². The molecule has 34 heavy (non-hydrogen) atoms. The number of aryl methyl sites for hydroxylation is 1. The van der Waals surface area contributed by atoms with Gasteiger partial charge in [-0.3, -0.25) is 4.57 Å². The summed E-state index contributed by atoms with van der Waals surface area (Å²) in [6.45, 7) is 1.97. The second kappa shape index (κ2) is 9.49. The molecule has 0 aliphatic heterocycles. The first-order valence-electron chi connectivity index (χ1n) is 9.88. The number of hydrogen-bond donors (Lipinski definition) is 2. The van der Waals surface area contributed by atoms with Gasteiger partial charge in [-0.2, -0.15) is 4.98 Å². The summed E-state index contributed by atoms with van der Waals surface area (Å²) in [6.07, 6.45) is 1.23. The van der Waals surface area contributed by atoms with E-state index in [2.05, 4.69) is 15.3 Å². The third-order valence-electron chi connectivity index (χ3n) is 4.84. The minimum absolute atomic E-state index is 0.0707. The Morgan fingerprint density at radius 3 is 2.59 bits per heavy atom. The molecule has 2 heterocycles. The van der Waals surface area contributed by atoms with E-state index in [0.717, 1.165) is 21.5 Å². The van der Waals surface area contributed by atoms with Crippen LogP contribution in [-0.2, 0) is 13.6 Å². The second-order valence-electron chi connectivity index (χ2n) is 7.28. The molecule has 0 saturated carbocycles. The van der Waals surface area contributed by atoms with Crippen LogP contribution >= 0.6 is 22.9 Å². The zero-order valence-corrected chi connectivity index (χ0v) is 19.6. The molecular weight excluding hydrogens is 482 g/mol. The van der Waals surface area contributed by atoms with E-state index in [9.17, 15) is 14.4 Å². The van der Waals surface area contributed by atoms with Crippen LogP contribution < -0.4 is 21.4 Å². The summed E-state index contributed by atoms with van der Waals surface area (Å²) in [6, 6.07) is 12.1. The highest BCUT2D eigenvalue weighted by atomic mass is 35.5. The molecule has 2 N–H and O–H groups in total. The molecule has 0 aliphatic carbocycles. The van der Waals surface area contributed by atoms with Gasteiger partial charge in [0.2, 0.25) is 5.95 Å². The lowest BCUT2D eigenvalue weighted by atomic mass is 10.2. The van der Waals surface area contributed by atoms with Gasteiger partial charge in [-0.25, -0.2) is 23.9 Å². The highest BCUT2D eigenvalue weighted by Crippen LogP contribution is 2.30. The summed E-state index contributed by atoms with van der Waals surface area (Å²) in [5.41, 5.74) is 0.883. The molecule has 4 aromatic rings. The van der Waals surface area contributed by atoms with Crippen molar-refractivity contribution < 1.29 is 14.6 Å². The first kappa shape index (κ1) is 23.2. The molecule has 2 aromatic carbocycles. The minimum atomic E-state index is -1.07. The van der Waals surface area contributed by atoms with Crippen molar-refractivity contribution >= 4 is 40.5 Å². The topological polar surface area (TPSA) is 128 Å². The Labute approximate surface area is 201 Å². The maximum Gasteiger partial charge on any atom is 0.354 e. The quantitative estimate of drug-likeness (QED) is 0.394. The summed E-state index contributed by atoms with van der Waals surface area (Å²) >= 11 is 6.86. The highest BCUT2D eigenvalue weighted by Gasteiger charge is 2.14. The molecule has 0 bridgehead atoms. The van der Waals surface area contributed by atoms with Gasteiger partial charge < -0.3 is 15.2 Å². The largest absolute Gasteiger partial charge is 0.477 e. The molecule has 10 nitrogen and oxygen atoms in total. The van der Waals surface area contributed by atoms with Crippen LogP contribution in [0.1, 0.15) is 20.8 Å². The van der Waals surface area contributed by atoms with Crippen molar-refractivity contribution in [3.63, 3.8) is 0 Å². The lowest BCUT2D eigenvalue weighted by molar-refractivity contribution is 0.0702. The number of nitrogens with zero attached hydrogens (tertiary/aromatic N) is 4. The average Bonchev–Trinajstić information content (AvgIpc) is 3.27. The van der Waals surface area contributed by atoms with Gasteiger partial charge in [-0.1, -0.05) is 35.1 Å². The lowest BCUT2D eigenvalue weighted by Gasteiger charge is -2.15. The van der Waals surface area contributed by atoms with E-state index >= 15 is 0 Å². The van der Waals surface area contributed by atoms with Crippen LogP contribution in [0.25, 0.3) is 0 Å². The molecule has 12 heteroatoms. The number of carboxylic acids is 1. The fraction of sp³-hybridized carbons (Fsp3) is 0.136. The van der Waals surface area contributed by atoms with Crippen molar-refractivity contribution in [1.82, 2.24) is 19.1 Å². The predicted octanol–water partition coefficient (Wildman–Crippen LogP) is 3.64. The third kappa shape index (κ3) is 5.00. The van der Waals surface area contributed by atoms with Crippen LogP contribution in [0.2, 0.25) is 5.02 Å². The van der Waals surface area contributed by atoms with Gasteiger partial charge in [0.05, 0.1) is 12.7 Å². The van der Waals surface area contributed by atoms with Crippen LogP contribution in [0.4, 0.5) is 11.6 Å². The Kier molecular flexibility index (Phi) is 6.48. The Hall–Kier alpha value is -3.96. The van der Waals surface area contributed by atoms with E-state index < -0.39 is 17.3 Å². The first-order valence-corrected chi connectivity index (χ1v) is 11.1. The number of anilines is 2. The molecule has 0 spiro atoms. The van der Waals surface area contributed by atoms with Crippen molar-refractivity contribution in [2.75, 3.05) is 5.32 Å². The number of benzene rings is 2. The fourth-order valence-electron chi connectivity index (χ4n) is 3.06. The highest BCUT2D eigenvalue weighted by molar-refractivity contribution is 7.15. The number of carbonyl (C=O) groups is 1. The first-order chi connectivity index (χ1) is 16.2. The van der Waals surface area contributed by atoms with Gasteiger partial charge >= 0.3 is 17.3 Å². The molecule has 0 fully saturated rings. The lowest BCUT2D eigenvalue weighted by Crippen LogP contribution is -2.41. The number of carboxylic acid groups (broad SMARTS) is 1. The molecule has 0 unspecified atom stereocenters. The van der Waals surface area contributed by atoms with E-state index in [1.807, 2.05) is 0 Å². The van der Waals surface area contributed by atoms with Gasteiger partial charge in [0.25, 0.3) is 5.19 Å². The van der Waals surface area contributed by atoms with Crippen LogP contribution in [0.3, 0.4) is 0 Å². The molecule has 0 atom stereocenters. The number of hydrogen-bond acceptors (Lipinski definition) is 8. The Balaban J connectivity index is 1.62. The van der Waals surface area contributed by atoms with E-state index in [1.165, 1.54) is 17.8 Å². The smallest absolute Gasteiger partial charge is 0.354 e. The number of ether oxygens (including phenoxy) is 1. The Morgan fingerprint density at radius 2 is 1.94 bits per heavy atom. The summed E-state index contributed by atoms with van der Waals surface area (Å²) in [5, 5.41) is 12.8. The van der Waals surface area contributed by atoms with Crippen molar-refractivity contribution in [1.29, 1.82) is 0 Å². The van der Waals surface area contributed by atoms with Crippen LogP contribution in [0, 0.1) is 6.92 Å². The van der Waals surface area contributed by atoms with E-state index in [0.29, 0.717) is 22.0 Å². The molecule has 0 radical (unpaired) electrons. The van der Waals surface area contributed by atoms with Gasteiger partial charge in [-0.05, 0) is 48.4 Å². The summed E-state index contributed by atoms with van der Waals surface area (Å²) in [7, 11) is 1.37. The molecule has 0 saturated heterocycles. The Morgan fingerprint density at radius 1 is 1.21 bits per heavy atom. The molecular formula is C22H18ClN5O5S. The van der Waals surface area contributed by atoms with Crippen molar-refractivity contribution in [3.8, 4) is 10.9 Å². The van der Waals surface area contributed by atoms with Gasteiger partial charge in [0.1, 0.15) is 10.6 Å². The van der Waals surface area contributed by atoms with Gasteiger partial charge in [-0.15, -0.1) is 0 Å². The van der Waals surface area contributed by atoms with Gasteiger partial charge in [0.15, 0.2) is 0 Å². The zero-order valence-electron chi connectivity index (χ0n) is 18.0. The fourth-order valence-corrected chi connectivity index (χ4v) is 3.80. The number of halogens is 1. The van der Waals surface area contributed by atoms with Crippen molar-refractivity contribution in [2.45, 2.75) is 13.5 Å². The number of aromatic nitrogens is 4.